The van der Waals surface area contributed by atoms with Gasteiger partial charge in [0.25, 0.3) is 0 Å². The molecule has 0 aliphatic heterocycles. The van der Waals surface area contributed by atoms with Gasteiger partial charge >= 0.3 is 0 Å². The van der Waals surface area contributed by atoms with E-state index in [-0.39, 0.29) is 0 Å². The predicted octanol–water partition coefficient (Wildman–Crippen LogP) is 5.12. The van der Waals surface area contributed by atoms with Gasteiger partial charge in [-0.2, -0.15) is 0 Å². The van der Waals surface area contributed by atoms with Crippen LogP contribution in [0.3, 0.4) is 0 Å². The number of hydrogen-bond donors (Lipinski definition) is 0. The van der Waals surface area contributed by atoms with Gasteiger partial charge in [-0.05, 0) is 52.4 Å². The van der Waals surface area contributed by atoms with Gasteiger partial charge in [-0.25, -0.2) is 0 Å². The Morgan fingerprint density at radius 3 is 2.14 bits per heavy atom. The summed E-state index contributed by atoms with van der Waals surface area (Å²) in [5.41, 5.74) is 2.98. The second-order valence-electron chi connectivity index (χ2n) is 4.84. The molecule has 82 valence electrons. The second kappa shape index (κ2) is 7.84. The van der Waals surface area contributed by atoms with Gasteiger partial charge in [0.15, 0.2) is 0 Å². The lowest BCUT2D eigenvalue weighted by Crippen LogP contribution is -1.85. The van der Waals surface area contributed by atoms with E-state index in [0.717, 1.165) is 5.92 Å². The third kappa shape index (κ3) is 9.57. The first kappa shape index (κ1) is 13.5. The van der Waals surface area contributed by atoms with Gasteiger partial charge in [-0.3, -0.25) is 0 Å². The SMILES string of the molecule is CC(C)=CCC/C(C)=C\CCC(C)C. The highest BCUT2D eigenvalue weighted by Crippen LogP contribution is 2.10. The standard InChI is InChI=1S/C14H26/c1-12(2)8-6-10-14(5)11-7-9-13(3)4/h8,11,13H,6-7,9-10H2,1-5H3/b14-11-. The molecule has 0 saturated heterocycles. The third-order valence-corrected chi connectivity index (χ3v) is 2.33. The topological polar surface area (TPSA) is 0 Å². The second-order valence-corrected chi connectivity index (χ2v) is 4.84. The van der Waals surface area contributed by atoms with Crippen LogP contribution in [0.5, 0.6) is 0 Å². The van der Waals surface area contributed by atoms with Crippen LogP contribution in [-0.4, -0.2) is 0 Å². The van der Waals surface area contributed by atoms with Crippen molar-refractivity contribution in [3.05, 3.63) is 23.3 Å². The van der Waals surface area contributed by atoms with Crippen LogP contribution in [0.4, 0.5) is 0 Å². The van der Waals surface area contributed by atoms with Gasteiger partial charge in [0.2, 0.25) is 0 Å². The van der Waals surface area contributed by atoms with Crippen molar-refractivity contribution in [1.82, 2.24) is 0 Å². The van der Waals surface area contributed by atoms with E-state index in [2.05, 4.69) is 46.8 Å². The smallest absolute Gasteiger partial charge is 0.0288 e. The van der Waals surface area contributed by atoms with E-state index >= 15 is 0 Å². The summed E-state index contributed by atoms with van der Waals surface area (Å²) >= 11 is 0. The van der Waals surface area contributed by atoms with Gasteiger partial charge in [-0.1, -0.05) is 37.1 Å². The molecule has 0 spiro atoms. The summed E-state index contributed by atoms with van der Waals surface area (Å²) in [7, 11) is 0. The average molecular weight is 194 g/mol. The molecule has 0 fully saturated rings. The zero-order valence-electron chi connectivity index (χ0n) is 10.6. The summed E-state index contributed by atoms with van der Waals surface area (Å²) in [4.78, 5) is 0. The van der Waals surface area contributed by atoms with Crippen LogP contribution in [0.15, 0.2) is 23.3 Å². The van der Waals surface area contributed by atoms with Crippen molar-refractivity contribution in [3.8, 4) is 0 Å². The van der Waals surface area contributed by atoms with Gasteiger partial charge < -0.3 is 0 Å². The minimum absolute atomic E-state index is 0.830. The number of rotatable bonds is 6. The molecular weight excluding hydrogens is 168 g/mol. The van der Waals surface area contributed by atoms with Crippen LogP contribution in [0.25, 0.3) is 0 Å². The highest BCUT2D eigenvalue weighted by molar-refractivity contribution is 5.02. The summed E-state index contributed by atoms with van der Waals surface area (Å²) in [6.07, 6.45) is 9.71. The monoisotopic (exact) mass is 194 g/mol. The van der Waals surface area contributed by atoms with E-state index in [1.165, 1.54) is 31.3 Å². The maximum absolute atomic E-state index is 2.40. The number of hydrogen-bond acceptors (Lipinski definition) is 0. The fourth-order valence-corrected chi connectivity index (χ4v) is 1.35. The van der Waals surface area contributed by atoms with E-state index in [4.69, 9.17) is 0 Å². The predicted molar refractivity (Wildman–Crippen MR) is 66.5 cm³/mol. The normalized spacial score (nSPS) is 12.0. The van der Waals surface area contributed by atoms with Crippen molar-refractivity contribution in [2.45, 2.75) is 60.3 Å². The van der Waals surface area contributed by atoms with Gasteiger partial charge in [0.05, 0.1) is 0 Å². The molecular formula is C14H26. The fraction of sp³-hybridized carbons (Fsp3) is 0.714. The zero-order chi connectivity index (χ0) is 11.0. The quantitative estimate of drug-likeness (QED) is 0.515. The molecule has 0 aromatic carbocycles. The van der Waals surface area contributed by atoms with E-state index in [9.17, 15) is 0 Å². The lowest BCUT2D eigenvalue weighted by molar-refractivity contribution is 0.592. The molecule has 14 heavy (non-hydrogen) atoms. The van der Waals surface area contributed by atoms with E-state index in [0.29, 0.717) is 0 Å². The average Bonchev–Trinajstić information content (AvgIpc) is 2.02. The summed E-state index contributed by atoms with van der Waals surface area (Å²) in [5, 5.41) is 0. The van der Waals surface area contributed by atoms with Crippen LogP contribution in [0.1, 0.15) is 60.3 Å². The molecule has 0 N–H and O–H groups in total. The molecule has 0 heterocycles. The summed E-state index contributed by atoms with van der Waals surface area (Å²) in [6, 6.07) is 0. The molecule has 0 heteroatoms. The minimum Gasteiger partial charge on any atom is -0.0856 e. The van der Waals surface area contributed by atoms with Crippen molar-refractivity contribution < 1.29 is 0 Å². The molecule has 0 rings (SSSR count). The Hall–Kier alpha value is -0.520. The van der Waals surface area contributed by atoms with Crippen molar-refractivity contribution in [2.24, 2.45) is 5.92 Å². The summed E-state index contributed by atoms with van der Waals surface area (Å²) < 4.78 is 0. The Bertz CT molecular complexity index is 190. The molecule has 0 aliphatic rings. The van der Waals surface area contributed by atoms with Gasteiger partial charge in [-0.15, -0.1) is 0 Å². The first-order valence-electron chi connectivity index (χ1n) is 5.81. The van der Waals surface area contributed by atoms with E-state index in [1.807, 2.05) is 0 Å². The first-order chi connectivity index (χ1) is 6.52. The van der Waals surface area contributed by atoms with Crippen molar-refractivity contribution in [2.75, 3.05) is 0 Å². The van der Waals surface area contributed by atoms with Gasteiger partial charge in [0, 0.05) is 0 Å². The third-order valence-electron chi connectivity index (χ3n) is 2.33. The molecule has 0 bridgehead atoms. The first-order valence-corrected chi connectivity index (χ1v) is 5.81. The fourth-order valence-electron chi connectivity index (χ4n) is 1.35. The lowest BCUT2D eigenvalue weighted by atomic mass is 10.0. The Kier molecular flexibility index (Phi) is 7.55. The van der Waals surface area contributed by atoms with Crippen molar-refractivity contribution >= 4 is 0 Å². The zero-order valence-corrected chi connectivity index (χ0v) is 10.6. The maximum Gasteiger partial charge on any atom is -0.0288 e. The van der Waals surface area contributed by atoms with Gasteiger partial charge in [0.1, 0.15) is 0 Å². The molecule has 0 atom stereocenters. The molecule has 0 radical (unpaired) electrons. The number of allylic oxidation sites excluding steroid dienone is 4. The summed E-state index contributed by atoms with van der Waals surface area (Å²) in [6.45, 7) is 11.1. The summed E-state index contributed by atoms with van der Waals surface area (Å²) in [5.74, 6) is 0.830. The largest absolute Gasteiger partial charge is 0.0856 e. The molecule has 0 aliphatic carbocycles. The Morgan fingerprint density at radius 2 is 1.64 bits per heavy atom. The highest BCUT2D eigenvalue weighted by Gasteiger charge is 1.92. The van der Waals surface area contributed by atoms with Crippen LogP contribution < -0.4 is 0 Å². The molecule has 0 saturated carbocycles. The minimum atomic E-state index is 0.830. The maximum atomic E-state index is 2.40. The molecule has 0 amide bonds. The van der Waals surface area contributed by atoms with Crippen LogP contribution in [-0.2, 0) is 0 Å². The van der Waals surface area contributed by atoms with Crippen LogP contribution in [0, 0.1) is 5.92 Å². The lowest BCUT2D eigenvalue weighted by Gasteiger charge is -2.02. The van der Waals surface area contributed by atoms with Crippen LogP contribution in [0.2, 0.25) is 0 Å². The van der Waals surface area contributed by atoms with Crippen molar-refractivity contribution in [1.29, 1.82) is 0 Å². The molecule has 0 unspecified atom stereocenters. The Morgan fingerprint density at radius 1 is 1.00 bits per heavy atom. The Balaban J connectivity index is 3.62. The molecule has 0 aromatic heterocycles. The Labute approximate surface area is 90.1 Å². The molecule has 0 aromatic rings. The van der Waals surface area contributed by atoms with E-state index in [1.54, 1.807) is 5.57 Å². The van der Waals surface area contributed by atoms with Crippen LogP contribution >= 0.6 is 0 Å². The van der Waals surface area contributed by atoms with Crippen molar-refractivity contribution in [3.63, 3.8) is 0 Å². The molecule has 0 nitrogen and oxygen atoms in total. The van der Waals surface area contributed by atoms with E-state index < -0.39 is 0 Å². The highest BCUT2D eigenvalue weighted by atomic mass is 14.0.